The van der Waals surface area contributed by atoms with Crippen molar-refractivity contribution in [3.8, 4) is 0 Å². The first kappa shape index (κ1) is 11.1. The average Bonchev–Trinajstić information content (AvgIpc) is 2.31. The number of hydrogen-bond acceptors (Lipinski definition) is 3. The lowest BCUT2D eigenvalue weighted by molar-refractivity contribution is -0.116. The fraction of sp³-hybridized carbons (Fsp3) is 0.417. The fourth-order valence-corrected chi connectivity index (χ4v) is 1.97. The van der Waals surface area contributed by atoms with E-state index >= 15 is 0 Å². The molecule has 0 bridgehead atoms. The van der Waals surface area contributed by atoms with Crippen molar-refractivity contribution in [2.45, 2.75) is 18.9 Å². The van der Waals surface area contributed by atoms with E-state index in [1.54, 1.807) is 7.11 Å². The summed E-state index contributed by atoms with van der Waals surface area (Å²) < 4.78 is 5.29. The molecule has 0 fully saturated rings. The maximum absolute atomic E-state index is 11.2. The van der Waals surface area contributed by atoms with Crippen molar-refractivity contribution in [1.82, 2.24) is 0 Å². The second kappa shape index (κ2) is 4.63. The largest absolute Gasteiger partial charge is 0.375 e. The molecule has 1 aliphatic heterocycles. The standard InChI is InChI=1S/C12H16N2O2/c1-16-11(7-13)9-2-4-10-8(6-9)3-5-12(15)14-10/h2,4,6,11H,3,5,7,13H2,1H3,(H,14,15). The lowest BCUT2D eigenvalue weighted by Gasteiger charge is -2.20. The summed E-state index contributed by atoms with van der Waals surface area (Å²) in [5.41, 5.74) is 8.76. The molecule has 0 aliphatic carbocycles. The van der Waals surface area contributed by atoms with Crippen LogP contribution in [-0.4, -0.2) is 19.6 Å². The van der Waals surface area contributed by atoms with Gasteiger partial charge in [0.05, 0.1) is 6.10 Å². The van der Waals surface area contributed by atoms with Crippen LogP contribution in [0.1, 0.15) is 23.7 Å². The van der Waals surface area contributed by atoms with Crippen LogP contribution in [0.2, 0.25) is 0 Å². The van der Waals surface area contributed by atoms with Crippen LogP contribution >= 0.6 is 0 Å². The van der Waals surface area contributed by atoms with Gasteiger partial charge in [0, 0.05) is 25.8 Å². The molecule has 0 aromatic heterocycles. The lowest BCUT2D eigenvalue weighted by atomic mass is 9.98. The summed E-state index contributed by atoms with van der Waals surface area (Å²) in [6.07, 6.45) is 1.27. The van der Waals surface area contributed by atoms with Crippen molar-refractivity contribution in [3.05, 3.63) is 29.3 Å². The van der Waals surface area contributed by atoms with Crippen molar-refractivity contribution in [3.63, 3.8) is 0 Å². The number of aryl methyl sites for hydroxylation is 1. The number of amides is 1. The molecule has 2 rings (SSSR count). The van der Waals surface area contributed by atoms with E-state index in [1.807, 2.05) is 12.1 Å². The number of nitrogens with one attached hydrogen (secondary N) is 1. The Morgan fingerprint density at radius 1 is 1.50 bits per heavy atom. The number of carbonyl (C=O) groups is 1. The predicted molar refractivity (Wildman–Crippen MR) is 62.2 cm³/mol. The highest BCUT2D eigenvalue weighted by Gasteiger charge is 2.16. The van der Waals surface area contributed by atoms with E-state index in [0.717, 1.165) is 23.2 Å². The van der Waals surface area contributed by atoms with Crippen molar-refractivity contribution >= 4 is 11.6 Å². The molecule has 4 nitrogen and oxygen atoms in total. The van der Waals surface area contributed by atoms with E-state index in [-0.39, 0.29) is 12.0 Å². The SMILES string of the molecule is COC(CN)c1ccc2c(c1)CCC(=O)N2. The minimum atomic E-state index is -0.0667. The van der Waals surface area contributed by atoms with Gasteiger partial charge in [0.25, 0.3) is 0 Å². The van der Waals surface area contributed by atoms with Crippen molar-refractivity contribution in [2.75, 3.05) is 19.0 Å². The Labute approximate surface area is 94.8 Å². The van der Waals surface area contributed by atoms with Crippen LogP contribution in [0.5, 0.6) is 0 Å². The van der Waals surface area contributed by atoms with Gasteiger partial charge in [-0.05, 0) is 23.6 Å². The van der Waals surface area contributed by atoms with Gasteiger partial charge in [-0.2, -0.15) is 0 Å². The highest BCUT2D eigenvalue weighted by molar-refractivity contribution is 5.93. The normalized spacial score (nSPS) is 16.5. The first-order valence-corrected chi connectivity index (χ1v) is 5.40. The third-order valence-corrected chi connectivity index (χ3v) is 2.90. The Morgan fingerprint density at radius 2 is 2.31 bits per heavy atom. The van der Waals surface area contributed by atoms with Crippen LogP contribution in [0.15, 0.2) is 18.2 Å². The van der Waals surface area contributed by atoms with Gasteiger partial charge in [-0.15, -0.1) is 0 Å². The van der Waals surface area contributed by atoms with Crippen LogP contribution in [0.3, 0.4) is 0 Å². The third kappa shape index (κ3) is 2.08. The summed E-state index contributed by atoms with van der Waals surface area (Å²) in [6.45, 7) is 0.460. The highest BCUT2D eigenvalue weighted by Crippen LogP contribution is 2.26. The van der Waals surface area contributed by atoms with Crippen molar-refractivity contribution < 1.29 is 9.53 Å². The molecular weight excluding hydrogens is 204 g/mol. The van der Waals surface area contributed by atoms with Crippen LogP contribution in [0.4, 0.5) is 5.69 Å². The monoisotopic (exact) mass is 220 g/mol. The summed E-state index contributed by atoms with van der Waals surface area (Å²) in [5, 5.41) is 2.85. The van der Waals surface area contributed by atoms with E-state index in [2.05, 4.69) is 11.4 Å². The molecule has 86 valence electrons. The second-order valence-electron chi connectivity index (χ2n) is 3.92. The van der Waals surface area contributed by atoms with E-state index in [1.165, 1.54) is 0 Å². The Kier molecular flexibility index (Phi) is 3.22. The summed E-state index contributed by atoms with van der Waals surface area (Å²) in [4.78, 5) is 11.2. The molecule has 1 unspecified atom stereocenters. The first-order valence-electron chi connectivity index (χ1n) is 5.40. The molecule has 1 atom stereocenters. The minimum Gasteiger partial charge on any atom is -0.375 e. The van der Waals surface area contributed by atoms with Crippen molar-refractivity contribution in [1.29, 1.82) is 0 Å². The van der Waals surface area contributed by atoms with Gasteiger partial charge in [0.1, 0.15) is 0 Å². The molecule has 1 amide bonds. The third-order valence-electron chi connectivity index (χ3n) is 2.90. The van der Waals surface area contributed by atoms with Crippen LogP contribution in [-0.2, 0) is 16.0 Å². The molecule has 16 heavy (non-hydrogen) atoms. The predicted octanol–water partition coefficient (Wildman–Crippen LogP) is 1.22. The van der Waals surface area contributed by atoms with Crippen LogP contribution in [0, 0.1) is 0 Å². The Balaban J connectivity index is 2.28. The van der Waals surface area contributed by atoms with E-state index in [9.17, 15) is 4.79 Å². The minimum absolute atomic E-state index is 0.0667. The molecule has 4 heteroatoms. The molecule has 1 aromatic rings. The topological polar surface area (TPSA) is 64.3 Å². The quantitative estimate of drug-likeness (QED) is 0.805. The van der Waals surface area contributed by atoms with Gasteiger partial charge in [-0.1, -0.05) is 12.1 Å². The number of benzene rings is 1. The fourth-order valence-electron chi connectivity index (χ4n) is 1.97. The average molecular weight is 220 g/mol. The molecule has 1 aliphatic rings. The molecule has 0 radical (unpaired) electrons. The number of ether oxygens (including phenoxy) is 1. The summed E-state index contributed by atoms with van der Waals surface area (Å²) in [5.74, 6) is 0.0855. The number of fused-ring (bicyclic) bond motifs is 1. The zero-order valence-electron chi connectivity index (χ0n) is 9.32. The summed E-state index contributed by atoms with van der Waals surface area (Å²) in [7, 11) is 1.65. The summed E-state index contributed by atoms with van der Waals surface area (Å²) in [6, 6.07) is 5.94. The Bertz CT molecular complexity index is 400. The van der Waals surface area contributed by atoms with Crippen LogP contribution < -0.4 is 11.1 Å². The Hall–Kier alpha value is -1.39. The van der Waals surface area contributed by atoms with Gasteiger partial charge in [0.2, 0.25) is 5.91 Å². The zero-order valence-corrected chi connectivity index (χ0v) is 9.32. The number of hydrogen-bond donors (Lipinski definition) is 2. The Morgan fingerprint density at radius 3 is 3.00 bits per heavy atom. The first-order chi connectivity index (χ1) is 7.74. The van der Waals surface area contributed by atoms with E-state index < -0.39 is 0 Å². The van der Waals surface area contributed by atoms with Gasteiger partial charge in [-0.25, -0.2) is 0 Å². The second-order valence-corrected chi connectivity index (χ2v) is 3.92. The number of nitrogens with two attached hydrogens (primary N) is 1. The lowest BCUT2D eigenvalue weighted by Crippen LogP contribution is -2.20. The molecule has 1 heterocycles. The molecule has 0 spiro atoms. The maximum Gasteiger partial charge on any atom is 0.224 e. The van der Waals surface area contributed by atoms with E-state index in [4.69, 9.17) is 10.5 Å². The number of rotatable bonds is 3. The number of methoxy groups -OCH3 is 1. The molecule has 0 saturated carbocycles. The van der Waals surface area contributed by atoms with Gasteiger partial charge in [0.15, 0.2) is 0 Å². The molecule has 0 saturated heterocycles. The van der Waals surface area contributed by atoms with Gasteiger partial charge in [-0.3, -0.25) is 4.79 Å². The van der Waals surface area contributed by atoms with Crippen LogP contribution in [0.25, 0.3) is 0 Å². The summed E-state index contributed by atoms with van der Waals surface area (Å²) >= 11 is 0. The number of anilines is 1. The smallest absolute Gasteiger partial charge is 0.224 e. The zero-order chi connectivity index (χ0) is 11.5. The van der Waals surface area contributed by atoms with E-state index in [0.29, 0.717) is 13.0 Å². The van der Waals surface area contributed by atoms with Gasteiger partial charge >= 0.3 is 0 Å². The molecular formula is C12H16N2O2. The molecule has 3 N–H and O–H groups in total. The van der Waals surface area contributed by atoms with Gasteiger partial charge < -0.3 is 15.8 Å². The molecule has 1 aromatic carbocycles. The van der Waals surface area contributed by atoms with Crippen molar-refractivity contribution in [2.24, 2.45) is 5.73 Å². The highest BCUT2D eigenvalue weighted by atomic mass is 16.5. The maximum atomic E-state index is 11.2. The number of carbonyl (C=O) groups excluding carboxylic acids is 1.